The van der Waals surface area contributed by atoms with Gasteiger partial charge in [0.25, 0.3) is 0 Å². The van der Waals surface area contributed by atoms with Crippen molar-refractivity contribution in [1.29, 1.82) is 0 Å². The second kappa shape index (κ2) is 5.52. The maximum atomic E-state index is 6.07. The van der Waals surface area contributed by atoms with Crippen LogP contribution in [-0.2, 0) is 4.74 Å². The molecule has 1 heterocycles. The van der Waals surface area contributed by atoms with Crippen LogP contribution in [0.3, 0.4) is 0 Å². The second-order valence-electron chi connectivity index (χ2n) is 4.76. The van der Waals surface area contributed by atoms with Crippen LogP contribution >= 0.6 is 0 Å². The van der Waals surface area contributed by atoms with Gasteiger partial charge in [0.2, 0.25) is 0 Å². The Bertz CT molecular complexity index is 370. The van der Waals surface area contributed by atoms with E-state index in [1.165, 1.54) is 5.56 Å². The van der Waals surface area contributed by atoms with Gasteiger partial charge in [-0.2, -0.15) is 0 Å². The van der Waals surface area contributed by atoms with E-state index in [1.54, 1.807) is 0 Å². The maximum absolute atomic E-state index is 6.07. The molecule has 0 spiro atoms. The van der Waals surface area contributed by atoms with Gasteiger partial charge in [0, 0.05) is 24.4 Å². The average Bonchev–Trinajstić information content (AvgIpc) is 2.30. The van der Waals surface area contributed by atoms with Crippen molar-refractivity contribution in [1.82, 2.24) is 0 Å². The van der Waals surface area contributed by atoms with Crippen molar-refractivity contribution in [3.05, 3.63) is 29.3 Å². The molecule has 0 radical (unpaired) electrons. The summed E-state index contributed by atoms with van der Waals surface area (Å²) in [5.41, 5.74) is 8.26. The number of aryl methyl sites for hydroxylation is 1. The average molecular weight is 235 g/mol. The molecule has 1 aliphatic rings. The van der Waals surface area contributed by atoms with Gasteiger partial charge in [-0.15, -0.1) is 0 Å². The summed E-state index contributed by atoms with van der Waals surface area (Å²) in [7, 11) is 0. The second-order valence-corrected chi connectivity index (χ2v) is 4.76. The van der Waals surface area contributed by atoms with Crippen LogP contribution in [0.15, 0.2) is 18.2 Å². The van der Waals surface area contributed by atoms with Crippen molar-refractivity contribution in [2.45, 2.75) is 38.8 Å². The van der Waals surface area contributed by atoms with Crippen molar-refractivity contribution in [2.24, 2.45) is 5.73 Å². The fraction of sp³-hybridized carbons (Fsp3) is 0.571. The minimum Gasteiger partial charge on any atom is -0.490 e. The molecule has 1 saturated heterocycles. The summed E-state index contributed by atoms with van der Waals surface area (Å²) < 4.78 is 11.4. The van der Waals surface area contributed by atoms with E-state index in [4.69, 9.17) is 15.2 Å². The summed E-state index contributed by atoms with van der Waals surface area (Å²) in [6, 6.07) is 6.23. The van der Waals surface area contributed by atoms with Gasteiger partial charge in [0.05, 0.1) is 13.2 Å². The van der Waals surface area contributed by atoms with Gasteiger partial charge in [-0.1, -0.05) is 12.1 Å². The zero-order valence-corrected chi connectivity index (χ0v) is 10.6. The van der Waals surface area contributed by atoms with E-state index in [-0.39, 0.29) is 12.1 Å². The van der Waals surface area contributed by atoms with Crippen molar-refractivity contribution in [3.63, 3.8) is 0 Å². The van der Waals surface area contributed by atoms with Gasteiger partial charge in [-0.3, -0.25) is 0 Å². The molecule has 0 unspecified atom stereocenters. The topological polar surface area (TPSA) is 44.5 Å². The predicted molar refractivity (Wildman–Crippen MR) is 68.3 cm³/mol. The lowest BCUT2D eigenvalue weighted by Gasteiger charge is -2.25. The fourth-order valence-corrected chi connectivity index (χ4v) is 2.09. The minimum absolute atomic E-state index is 0.00504. The Morgan fingerprint density at radius 2 is 2.06 bits per heavy atom. The highest BCUT2D eigenvalue weighted by Crippen LogP contribution is 2.27. The molecule has 2 N–H and O–H groups in total. The quantitative estimate of drug-likeness (QED) is 0.875. The molecule has 2 rings (SSSR count). The summed E-state index contributed by atoms with van der Waals surface area (Å²) in [5.74, 6) is 0.937. The smallest absolute Gasteiger partial charge is 0.124 e. The first-order chi connectivity index (χ1) is 8.16. The number of nitrogens with two attached hydrogens (primary N) is 1. The molecule has 0 saturated carbocycles. The largest absolute Gasteiger partial charge is 0.490 e. The van der Waals surface area contributed by atoms with Crippen molar-refractivity contribution >= 4 is 0 Å². The summed E-state index contributed by atoms with van der Waals surface area (Å²) in [6.07, 6.45) is 2.20. The van der Waals surface area contributed by atoms with E-state index in [2.05, 4.69) is 25.1 Å². The summed E-state index contributed by atoms with van der Waals surface area (Å²) in [5, 5.41) is 0. The van der Waals surface area contributed by atoms with Crippen LogP contribution in [0.25, 0.3) is 0 Å². The molecule has 1 atom stereocenters. The Hall–Kier alpha value is -1.06. The molecule has 0 aliphatic carbocycles. The molecule has 0 bridgehead atoms. The highest BCUT2D eigenvalue weighted by molar-refractivity contribution is 5.39. The molecule has 0 aromatic heterocycles. The van der Waals surface area contributed by atoms with Gasteiger partial charge >= 0.3 is 0 Å². The Labute approximate surface area is 103 Å². The number of hydrogen-bond acceptors (Lipinski definition) is 3. The van der Waals surface area contributed by atoms with E-state index in [1.807, 2.05) is 6.92 Å². The van der Waals surface area contributed by atoms with E-state index >= 15 is 0 Å². The summed E-state index contributed by atoms with van der Waals surface area (Å²) in [4.78, 5) is 0. The third-order valence-electron chi connectivity index (χ3n) is 3.12. The molecule has 94 valence electrons. The highest BCUT2D eigenvalue weighted by Gasteiger charge is 2.17. The van der Waals surface area contributed by atoms with Crippen LogP contribution in [0.1, 0.15) is 36.9 Å². The molecular formula is C14H21NO2. The Morgan fingerprint density at radius 3 is 2.71 bits per heavy atom. The Kier molecular flexibility index (Phi) is 4.02. The number of ether oxygens (including phenoxy) is 2. The van der Waals surface area contributed by atoms with Crippen molar-refractivity contribution in [3.8, 4) is 5.75 Å². The van der Waals surface area contributed by atoms with E-state index < -0.39 is 0 Å². The van der Waals surface area contributed by atoms with E-state index in [0.717, 1.165) is 37.4 Å². The van der Waals surface area contributed by atoms with E-state index in [9.17, 15) is 0 Å². The van der Waals surface area contributed by atoms with Crippen LogP contribution in [0.4, 0.5) is 0 Å². The normalized spacial score (nSPS) is 19.0. The van der Waals surface area contributed by atoms with Gasteiger partial charge in [-0.25, -0.2) is 0 Å². The first kappa shape index (κ1) is 12.4. The third-order valence-corrected chi connectivity index (χ3v) is 3.12. The summed E-state index contributed by atoms with van der Waals surface area (Å²) >= 11 is 0. The molecule has 0 amide bonds. The van der Waals surface area contributed by atoms with Crippen LogP contribution in [0.2, 0.25) is 0 Å². The standard InChI is InChI=1S/C14H21NO2/c1-10-3-4-13(11(2)15)14(9-10)17-12-5-7-16-8-6-12/h3-4,9,11-12H,5-8,15H2,1-2H3/t11-/m1/s1. The van der Waals surface area contributed by atoms with Crippen LogP contribution in [0, 0.1) is 6.92 Å². The maximum Gasteiger partial charge on any atom is 0.124 e. The van der Waals surface area contributed by atoms with Crippen LogP contribution in [0.5, 0.6) is 5.75 Å². The number of rotatable bonds is 3. The SMILES string of the molecule is Cc1ccc([C@@H](C)N)c(OC2CCOCC2)c1. The van der Waals surface area contributed by atoms with Crippen molar-refractivity contribution < 1.29 is 9.47 Å². The lowest BCUT2D eigenvalue weighted by molar-refractivity contribution is 0.0251. The third kappa shape index (κ3) is 3.20. The number of benzene rings is 1. The molecule has 17 heavy (non-hydrogen) atoms. The first-order valence-electron chi connectivity index (χ1n) is 6.27. The lowest BCUT2D eigenvalue weighted by atomic mass is 10.1. The molecule has 1 aromatic carbocycles. The fourth-order valence-electron chi connectivity index (χ4n) is 2.09. The van der Waals surface area contributed by atoms with Gasteiger partial charge in [0.1, 0.15) is 11.9 Å². The van der Waals surface area contributed by atoms with Crippen molar-refractivity contribution in [2.75, 3.05) is 13.2 Å². The van der Waals surface area contributed by atoms with Crippen LogP contribution in [-0.4, -0.2) is 19.3 Å². The first-order valence-corrected chi connectivity index (χ1v) is 6.27. The van der Waals surface area contributed by atoms with Gasteiger partial charge in [-0.05, 0) is 25.5 Å². The Morgan fingerprint density at radius 1 is 1.35 bits per heavy atom. The minimum atomic E-state index is 0.00504. The zero-order chi connectivity index (χ0) is 12.3. The zero-order valence-electron chi connectivity index (χ0n) is 10.6. The molecule has 1 aliphatic heterocycles. The molecule has 3 nitrogen and oxygen atoms in total. The van der Waals surface area contributed by atoms with Gasteiger partial charge < -0.3 is 15.2 Å². The Balaban J connectivity index is 2.14. The summed E-state index contributed by atoms with van der Waals surface area (Å²) in [6.45, 7) is 5.65. The van der Waals surface area contributed by atoms with E-state index in [0.29, 0.717) is 0 Å². The highest BCUT2D eigenvalue weighted by atomic mass is 16.5. The van der Waals surface area contributed by atoms with Gasteiger partial charge in [0.15, 0.2) is 0 Å². The lowest BCUT2D eigenvalue weighted by Crippen LogP contribution is -2.26. The molecule has 3 heteroatoms. The monoisotopic (exact) mass is 235 g/mol. The number of hydrogen-bond donors (Lipinski definition) is 1. The molecule has 1 aromatic rings. The van der Waals surface area contributed by atoms with Crippen LogP contribution < -0.4 is 10.5 Å². The molecular weight excluding hydrogens is 214 g/mol. The predicted octanol–water partition coefficient (Wildman–Crippen LogP) is 2.57. The molecule has 1 fully saturated rings.